The van der Waals surface area contributed by atoms with Crippen LogP contribution >= 0.6 is 39.5 Å². The van der Waals surface area contributed by atoms with Gasteiger partial charge >= 0.3 is 5.97 Å². The Bertz CT molecular complexity index is 1240. The number of hydrogen-bond acceptors (Lipinski definition) is 5. The molecule has 0 saturated heterocycles. The molecule has 4 aromatic rings. The normalized spacial score (nSPS) is 10.6. The van der Waals surface area contributed by atoms with E-state index < -0.39 is 5.97 Å². The number of carbonyl (C=O) groups is 1. The van der Waals surface area contributed by atoms with E-state index in [1.807, 2.05) is 71.5 Å². The van der Waals surface area contributed by atoms with Crippen molar-refractivity contribution in [2.45, 2.75) is 6.54 Å². The van der Waals surface area contributed by atoms with E-state index in [-0.39, 0.29) is 0 Å². The predicted molar refractivity (Wildman–Crippen MR) is 136 cm³/mol. The number of carbonyl (C=O) groups excluding carboxylic acids is 1. The third-order valence-electron chi connectivity index (χ3n) is 4.57. The van der Waals surface area contributed by atoms with Crippen molar-refractivity contribution in [1.29, 1.82) is 0 Å². The first-order chi connectivity index (χ1) is 15.5. The summed E-state index contributed by atoms with van der Waals surface area (Å²) in [6.07, 6.45) is 3.58. The Morgan fingerprint density at radius 3 is 2.62 bits per heavy atom. The highest BCUT2D eigenvalue weighted by atomic mass is 79.9. The predicted octanol–water partition coefficient (Wildman–Crippen LogP) is 6.02. The number of hydrogen-bond donors (Lipinski definition) is 2. The standard InChI is InChI=1S/C23H19BrN4O2S2/c1-30-22(29)19-11-20(16-5-3-2-4-6-16)32-21(19)27-23(31)26-18-12-25-28(14-18)13-15-7-9-17(24)10-8-15/h2-12,14H,13H2,1H3,(H2,26,27,31). The van der Waals surface area contributed by atoms with E-state index in [4.69, 9.17) is 17.0 Å². The first-order valence-electron chi connectivity index (χ1n) is 9.64. The van der Waals surface area contributed by atoms with E-state index >= 15 is 0 Å². The average molecular weight is 527 g/mol. The first-order valence-corrected chi connectivity index (χ1v) is 11.7. The van der Waals surface area contributed by atoms with E-state index in [9.17, 15) is 4.79 Å². The molecule has 0 aliphatic rings. The Morgan fingerprint density at radius 1 is 1.16 bits per heavy atom. The van der Waals surface area contributed by atoms with Gasteiger partial charge in [0, 0.05) is 15.5 Å². The highest BCUT2D eigenvalue weighted by Crippen LogP contribution is 2.36. The van der Waals surface area contributed by atoms with E-state index in [2.05, 4.69) is 31.7 Å². The summed E-state index contributed by atoms with van der Waals surface area (Å²) in [7, 11) is 1.36. The van der Waals surface area contributed by atoms with E-state index in [0.717, 1.165) is 26.2 Å². The molecule has 2 heterocycles. The van der Waals surface area contributed by atoms with Gasteiger partial charge in [0.25, 0.3) is 0 Å². The van der Waals surface area contributed by atoms with Crippen molar-refractivity contribution < 1.29 is 9.53 Å². The Labute approximate surface area is 203 Å². The number of ether oxygens (including phenoxy) is 1. The molecule has 32 heavy (non-hydrogen) atoms. The molecule has 0 aliphatic carbocycles. The summed E-state index contributed by atoms with van der Waals surface area (Å²) in [5.74, 6) is -0.420. The van der Waals surface area contributed by atoms with Crippen LogP contribution in [-0.2, 0) is 11.3 Å². The summed E-state index contributed by atoms with van der Waals surface area (Å²) < 4.78 is 7.80. The summed E-state index contributed by atoms with van der Waals surface area (Å²) in [6, 6.07) is 19.7. The van der Waals surface area contributed by atoms with Crippen molar-refractivity contribution >= 4 is 61.3 Å². The number of thiophene rings is 1. The molecule has 162 valence electrons. The molecular weight excluding hydrogens is 508 g/mol. The SMILES string of the molecule is COC(=O)c1cc(-c2ccccc2)sc1NC(=S)Nc1cnn(Cc2ccc(Br)cc2)c1. The lowest BCUT2D eigenvalue weighted by atomic mass is 10.1. The molecule has 2 aromatic heterocycles. The van der Waals surface area contributed by atoms with Crippen molar-refractivity contribution in [3.05, 3.63) is 88.7 Å². The van der Waals surface area contributed by atoms with Gasteiger partial charge < -0.3 is 15.4 Å². The molecule has 0 aliphatic heterocycles. The van der Waals surface area contributed by atoms with Gasteiger partial charge in [-0.2, -0.15) is 5.10 Å². The molecule has 0 bridgehead atoms. The number of thiocarbonyl (C=S) groups is 1. The van der Waals surface area contributed by atoms with Gasteiger partial charge in [0.1, 0.15) is 5.00 Å². The van der Waals surface area contributed by atoms with Crippen LogP contribution in [0.1, 0.15) is 15.9 Å². The van der Waals surface area contributed by atoms with Crippen LogP contribution < -0.4 is 10.6 Å². The third-order valence-corrected chi connectivity index (χ3v) is 6.40. The zero-order chi connectivity index (χ0) is 22.5. The summed E-state index contributed by atoms with van der Waals surface area (Å²) in [5.41, 5.74) is 3.34. The van der Waals surface area contributed by atoms with Crippen molar-refractivity contribution in [1.82, 2.24) is 9.78 Å². The van der Waals surface area contributed by atoms with Gasteiger partial charge in [0.2, 0.25) is 0 Å². The lowest BCUT2D eigenvalue weighted by molar-refractivity contribution is 0.0602. The number of halogens is 1. The summed E-state index contributed by atoms with van der Waals surface area (Å²) >= 11 is 10.3. The molecule has 6 nitrogen and oxygen atoms in total. The zero-order valence-corrected chi connectivity index (χ0v) is 20.3. The van der Waals surface area contributed by atoms with Crippen molar-refractivity contribution in [2.24, 2.45) is 0 Å². The second kappa shape index (κ2) is 10.1. The largest absolute Gasteiger partial charge is 0.465 e. The smallest absolute Gasteiger partial charge is 0.340 e. The summed E-state index contributed by atoms with van der Waals surface area (Å²) in [5, 5.41) is 11.6. The fourth-order valence-corrected chi connectivity index (χ4v) is 4.65. The Hall–Kier alpha value is -3.01. The molecule has 4 rings (SSSR count). The molecule has 0 fully saturated rings. The maximum atomic E-state index is 12.3. The maximum Gasteiger partial charge on any atom is 0.340 e. The number of nitrogens with one attached hydrogen (secondary N) is 2. The molecule has 0 saturated carbocycles. The molecule has 0 amide bonds. The minimum absolute atomic E-state index is 0.361. The van der Waals surface area contributed by atoms with Crippen molar-refractivity contribution in [3.8, 4) is 10.4 Å². The van der Waals surface area contributed by atoms with E-state index in [1.165, 1.54) is 18.4 Å². The third kappa shape index (κ3) is 5.42. The summed E-state index contributed by atoms with van der Waals surface area (Å²) in [4.78, 5) is 13.2. The quantitative estimate of drug-likeness (QED) is 0.236. The number of benzene rings is 2. The van der Waals surface area contributed by atoms with Gasteiger partial charge in [0.15, 0.2) is 5.11 Å². The van der Waals surface area contributed by atoms with Gasteiger partial charge in [0.05, 0.1) is 31.1 Å². The van der Waals surface area contributed by atoms with Crippen LogP contribution in [-0.4, -0.2) is 28.0 Å². The van der Waals surface area contributed by atoms with Crippen LogP contribution in [0, 0.1) is 0 Å². The summed E-state index contributed by atoms with van der Waals surface area (Å²) in [6.45, 7) is 0.646. The van der Waals surface area contributed by atoms with Crippen LogP contribution in [0.25, 0.3) is 10.4 Å². The van der Waals surface area contributed by atoms with Crippen LogP contribution in [0.4, 0.5) is 10.7 Å². The van der Waals surface area contributed by atoms with Gasteiger partial charge in [-0.05, 0) is 41.5 Å². The Morgan fingerprint density at radius 2 is 1.91 bits per heavy atom. The van der Waals surface area contributed by atoms with Crippen molar-refractivity contribution in [2.75, 3.05) is 17.7 Å². The van der Waals surface area contributed by atoms with Crippen LogP contribution in [0.5, 0.6) is 0 Å². The van der Waals surface area contributed by atoms with E-state index in [1.54, 1.807) is 6.20 Å². The van der Waals surface area contributed by atoms with Crippen LogP contribution in [0.15, 0.2) is 77.5 Å². The van der Waals surface area contributed by atoms with Crippen molar-refractivity contribution in [3.63, 3.8) is 0 Å². The molecule has 2 N–H and O–H groups in total. The zero-order valence-electron chi connectivity index (χ0n) is 17.0. The van der Waals surface area contributed by atoms with Crippen LogP contribution in [0.2, 0.25) is 0 Å². The molecule has 0 spiro atoms. The number of methoxy groups -OCH3 is 1. The molecular formula is C23H19BrN4O2S2. The maximum absolute atomic E-state index is 12.3. The van der Waals surface area contributed by atoms with Gasteiger partial charge in [-0.25, -0.2) is 4.79 Å². The molecule has 0 radical (unpaired) electrons. The lowest BCUT2D eigenvalue weighted by Gasteiger charge is -2.08. The molecule has 0 unspecified atom stereocenters. The average Bonchev–Trinajstić information content (AvgIpc) is 3.42. The number of nitrogens with zero attached hydrogens (tertiary/aromatic N) is 2. The number of esters is 1. The lowest BCUT2D eigenvalue weighted by Crippen LogP contribution is -2.19. The van der Waals surface area contributed by atoms with Gasteiger partial charge in [-0.1, -0.05) is 58.4 Å². The van der Waals surface area contributed by atoms with Crippen LogP contribution in [0.3, 0.4) is 0 Å². The van der Waals surface area contributed by atoms with Gasteiger partial charge in [-0.3, -0.25) is 4.68 Å². The van der Waals surface area contributed by atoms with E-state index in [0.29, 0.717) is 22.2 Å². The molecule has 0 atom stereocenters. The highest BCUT2D eigenvalue weighted by Gasteiger charge is 2.18. The Kier molecular flexibility index (Phi) is 6.99. The molecule has 2 aromatic carbocycles. The minimum atomic E-state index is -0.420. The topological polar surface area (TPSA) is 68.2 Å². The second-order valence-corrected chi connectivity index (χ2v) is 9.22. The number of anilines is 2. The number of aromatic nitrogens is 2. The monoisotopic (exact) mass is 526 g/mol. The highest BCUT2D eigenvalue weighted by molar-refractivity contribution is 9.10. The fourth-order valence-electron chi connectivity index (χ4n) is 3.05. The second-order valence-electron chi connectivity index (χ2n) is 6.84. The Balaban J connectivity index is 1.46. The molecule has 9 heteroatoms. The minimum Gasteiger partial charge on any atom is -0.465 e. The fraction of sp³-hybridized carbons (Fsp3) is 0.0870. The first kappa shape index (κ1) is 22.2. The van der Waals surface area contributed by atoms with Gasteiger partial charge in [-0.15, -0.1) is 11.3 Å². The number of rotatable bonds is 6.